The zero-order valence-electron chi connectivity index (χ0n) is 8.31. The number of carbonyl (C=O) groups is 1. The summed E-state index contributed by atoms with van der Waals surface area (Å²) in [5.41, 5.74) is 0. The molecule has 0 saturated heterocycles. The van der Waals surface area contributed by atoms with Gasteiger partial charge in [0.05, 0.1) is 7.11 Å². The van der Waals surface area contributed by atoms with Crippen molar-refractivity contribution in [1.82, 2.24) is 0 Å². The van der Waals surface area contributed by atoms with Gasteiger partial charge in [-0.25, -0.2) is 4.57 Å². The molecule has 14 heavy (non-hydrogen) atoms. The Morgan fingerprint density at radius 1 is 1.29 bits per heavy atom. The number of phosphoric acid groups is 1. The van der Waals surface area contributed by atoms with Crippen LogP contribution in [0.5, 0.6) is 0 Å². The van der Waals surface area contributed by atoms with E-state index in [1.807, 2.05) is 0 Å². The normalized spacial score (nSPS) is 10.8. The Morgan fingerprint density at radius 3 is 2.14 bits per heavy atom. The summed E-state index contributed by atoms with van der Waals surface area (Å²) in [4.78, 5) is 10.8. The van der Waals surface area contributed by atoms with Gasteiger partial charge in [0, 0.05) is 14.2 Å². The van der Waals surface area contributed by atoms with Gasteiger partial charge in [-0.05, 0) is 0 Å². The van der Waals surface area contributed by atoms with Gasteiger partial charge < -0.3 is 9.26 Å². The second-order valence-corrected chi connectivity index (χ2v) is 4.00. The smallest absolute Gasteiger partial charge is 0.469 e. The maximum absolute atomic E-state index is 11.4. The topological polar surface area (TPSA) is 71.1 Å². The third kappa shape index (κ3) is 4.41. The van der Waals surface area contributed by atoms with Crippen LogP contribution in [0.3, 0.4) is 0 Å². The van der Waals surface area contributed by atoms with Crippen LogP contribution in [0.2, 0.25) is 0 Å². The third-order valence-corrected chi connectivity index (χ3v) is 2.63. The first-order valence-corrected chi connectivity index (χ1v) is 5.09. The first-order chi connectivity index (χ1) is 6.47. The van der Waals surface area contributed by atoms with Gasteiger partial charge in [-0.1, -0.05) is 6.58 Å². The number of carbonyl (C=O) groups excluding carboxylic acids is 1. The van der Waals surface area contributed by atoms with Gasteiger partial charge in [0.25, 0.3) is 0 Å². The maximum Gasteiger partial charge on any atom is 0.529 e. The molecular formula is C7H13O6P. The van der Waals surface area contributed by atoms with E-state index in [1.54, 1.807) is 0 Å². The first kappa shape index (κ1) is 13.2. The average Bonchev–Trinajstić information content (AvgIpc) is 2.17. The summed E-state index contributed by atoms with van der Waals surface area (Å²) in [6.07, 6.45) is -0.201. The highest BCUT2D eigenvalue weighted by molar-refractivity contribution is 7.48. The molecule has 0 N–H and O–H groups in total. The lowest BCUT2D eigenvalue weighted by Gasteiger charge is -2.14. The number of hydrogen-bond acceptors (Lipinski definition) is 6. The number of hydrogen-bond donors (Lipinski definition) is 0. The zero-order valence-corrected chi connectivity index (χ0v) is 9.21. The fourth-order valence-electron chi connectivity index (χ4n) is 0.573. The summed E-state index contributed by atoms with van der Waals surface area (Å²) >= 11 is 0. The summed E-state index contributed by atoms with van der Waals surface area (Å²) in [5, 5.41) is 0. The lowest BCUT2D eigenvalue weighted by Crippen LogP contribution is -2.03. The number of esters is 1. The molecule has 0 aromatic rings. The predicted octanol–water partition coefficient (Wildman–Crippen LogP) is 1.48. The van der Waals surface area contributed by atoms with Gasteiger partial charge in [0.2, 0.25) is 0 Å². The minimum atomic E-state index is -3.61. The molecule has 0 radical (unpaired) electrons. The Bertz CT molecular complexity index is 253. The van der Waals surface area contributed by atoms with Crippen LogP contribution in [0.1, 0.15) is 6.42 Å². The highest BCUT2D eigenvalue weighted by Crippen LogP contribution is 2.49. The molecule has 6 nitrogen and oxygen atoms in total. The second-order valence-electron chi connectivity index (χ2n) is 2.20. The molecule has 0 aromatic heterocycles. The van der Waals surface area contributed by atoms with E-state index in [0.717, 1.165) is 14.2 Å². The molecule has 0 unspecified atom stereocenters. The van der Waals surface area contributed by atoms with Crippen LogP contribution in [-0.2, 0) is 27.7 Å². The summed E-state index contributed by atoms with van der Waals surface area (Å²) < 4.78 is 29.4. The highest BCUT2D eigenvalue weighted by Gasteiger charge is 2.25. The molecule has 0 aliphatic carbocycles. The molecule has 0 heterocycles. The van der Waals surface area contributed by atoms with E-state index < -0.39 is 13.8 Å². The summed E-state index contributed by atoms with van der Waals surface area (Å²) in [7, 11) is -0.0624. The van der Waals surface area contributed by atoms with Gasteiger partial charge in [-0.15, -0.1) is 0 Å². The SMILES string of the molecule is C=C(CC(=O)OC)OP(=O)(OC)OC. The molecular weight excluding hydrogens is 211 g/mol. The molecule has 0 rings (SSSR count). The Balaban J connectivity index is 4.18. The van der Waals surface area contributed by atoms with Crippen LogP contribution in [0, 0.1) is 0 Å². The van der Waals surface area contributed by atoms with E-state index in [-0.39, 0.29) is 12.2 Å². The van der Waals surface area contributed by atoms with E-state index in [9.17, 15) is 9.36 Å². The van der Waals surface area contributed by atoms with Crippen LogP contribution in [0.4, 0.5) is 0 Å². The monoisotopic (exact) mass is 224 g/mol. The molecule has 7 heteroatoms. The van der Waals surface area contributed by atoms with Crippen LogP contribution >= 0.6 is 7.82 Å². The van der Waals surface area contributed by atoms with Crippen molar-refractivity contribution in [2.24, 2.45) is 0 Å². The Labute approximate surface area is 82.4 Å². The quantitative estimate of drug-likeness (QED) is 0.386. The number of ether oxygens (including phenoxy) is 1. The summed E-state index contributed by atoms with van der Waals surface area (Å²) in [6.45, 7) is 3.37. The number of rotatable bonds is 6. The van der Waals surface area contributed by atoms with E-state index in [2.05, 4.69) is 20.4 Å². The minimum Gasteiger partial charge on any atom is -0.469 e. The lowest BCUT2D eigenvalue weighted by atomic mass is 10.4. The van der Waals surface area contributed by atoms with E-state index >= 15 is 0 Å². The number of phosphoric ester groups is 1. The first-order valence-electron chi connectivity index (χ1n) is 3.63. The largest absolute Gasteiger partial charge is 0.529 e. The molecule has 0 aliphatic rings. The molecule has 0 atom stereocenters. The maximum atomic E-state index is 11.4. The third-order valence-electron chi connectivity index (χ3n) is 1.26. The van der Waals surface area contributed by atoms with Crippen molar-refractivity contribution >= 4 is 13.8 Å². The Kier molecular flexibility index (Phi) is 5.45. The second kappa shape index (κ2) is 5.80. The molecule has 0 bridgehead atoms. The summed E-state index contributed by atoms with van der Waals surface area (Å²) in [5.74, 6) is -0.586. The molecule has 0 amide bonds. The Hall–Kier alpha value is -0.840. The summed E-state index contributed by atoms with van der Waals surface area (Å²) in [6, 6.07) is 0. The van der Waals surface area contributed by atoms with Gasteiger partial charge >= 0.3 is 13.8 Å². The minimum absolute atomic E-state index is 0.0381. The lowest BCUT2D eigenvalue weighted by molar-refractivity contribution is -0.140. The van der Waals surface area contributed by atoms with Crippen LogP contribution in [0.25, 0.3) is 0 Å². The molecule has 0 aliphatic heterocycles. The van der Waals surface area contributed by atoms with Crippen LogP contribution in [-0.4, -0.2) is 27.3 Å². The van der Waals surface area contributed by atoms with Crippen molar-refractivity contribution in [3.63, 3.8) is 0 Å². The van der Waals surface area contributed by atoms with Gasteiger partial charge in [-0.2, -0.15) is 0 Å². The van der Waals surface area contributed by atoms with E-state index in [0.29, 0.717) is 0 Å². The van der Waals surface area contributed by atoms with Crippen molar-refractivity contribution in [2.75, 3.05) is 21.3 Å². The van der Waals surface area contributed by atoms with Gasteiger partial charge in [0.1, 0.15) is 12.2 Å². The average molecular weight is 224 g/mol. The molecule has 0 fully saturated rings. The molecule has 0 saturated carbocycles. The van der Waals surface area contributed by atoms with Gasteiger partial charge in [-0.3, -0.25) is 13.8 Å². The Morgan fingerprint density at radius 2 is 1.79 bits per heavy atom. The van der Waals surface area contributed by atoms with E-state index in [4.69, 9.17) is 4.52 Å². The van der Waals surface area contributed by atoms with Crippen LogP contribution < -0.4 is 0 Å². The van der Waals surface area contributed by atoms with Crippen molar-refractivity contribution in [1.29, 1.82) is 0 Å². The van der Waals surface area contributed by atoms with Crippen LogP contribution in [0.15, 0.2) is 12.3 Å². The highest BCUT2D eigenvalue weighted by atomic mass is 31.2. The van der Waals surface area contributed by atoms with Crippen molar-refractivity contribution in [3.8, 4) is 0 Å². The molecule has 0 aromatic carbocycles. The fraction of sp³-hybridized carbons (Fsp3) is 0.571. The van der Waals surface area contributed by atoms with Crippen molar-refractivity contribution in [3.05, 3.63) is 12.3 Å². The predicted molar refractivity (Wildman–Crippen MR) is 48.5 cm³/mol. The standard InChI is InChI=1S/C7H13O6P/c1-6(5-7(8)10-2)13-14(9,11-3)12-4/h1,5H2,2-4H3. The van der Waals surface area contributed by atoms with Gasteiger partial charge in [0.15, 0.2) is 0 Å². The molecule has 0 spiro atoms. The van der Waals surface area contributed by atoms with Crippen molar-refractivity contribution < 1.29 is 27.7 Å². The zero-order chi connectivity index (χ0) is 11.2. The fourth-order valence-corrected chi connectivity index (χ4v) is 1.25. The van der Waals surface area contributed by atoms with Crippen molar-refractivity contribution in [2.45, 2.75) is 6.42 Å². The number of methoxy groups -OCH3 is 1. The molecule has 82 valence electrons. The van der Waals surface area contributed by atoms with E-state index in [1.165, 1.54) is 7.11 Å².